The van der Waals surface area contributed by atoms with Gasteiger partial charge in [0.2, 0.25) is 5.91 Å². The molecule has 0 spiro atoms. The first-order chi connectivity index (χ1) is 9.74. The van der Waals surface area contributed by atoms with Gasteiger partial charge in [-0.05, 0) is 36.3 Å². The van der Waals surface area contributed by atoms with Gasteiger partial charge in [0, 0.05) is 19.1 Å². The Labute approximate surface area is 119 Å². The number of carbonyl (C=O) groups excluding carboxylic acids is 1. The number of aliphatic hydroxyl groups excluding tert-OH is 1. The van der Waals surface area contributed by atoms with E-state index in [-0.39, 0.29) is 12.5 Å². The van der Waals surface area contributed by atoms with Crippen LogP contribution < -0.4 is 5.32 Å². The molecule has 4 heteroatoms. The molecule has 3 rings (SSSR count). The minimum atomic E-state index is 0.0403. The maximum Gasteiger partial charge on any atom is 0.234 e. The number of aliphatic hydroxyl groups is 1. The van der Waals surface area contributed by atoms with Crippen LogP contribution in [0.15, 0.2) is 24.3 Å². The number of fused-ring (bicyclic) bond motifs is 2. The van der Waals surface area contributed by atoms with Gasteiger partial charge in [-0.15, -0.1) is 0 Å². The quantitative estimate of drug-likeness (QED) is 0.850. The summed E-state index contributed by atoms with van der Waals surface area (Å²) in [4.78, 5) is 14.3. The van der Waals surface area contributed by atoms with E-state index in [0.717, 1.165) is 23.6 Å². The molecule has 0 radical (unpaired) electrons. The summed E-state index contributed by atoms with van der Waals surface area (Å²) in [6, 6.07) is 8.33. The van der Waals surface area contributed by atoms with Gasteiger partial charge in [0.1, 0.15) is 0 Å². The second kappa shape index (κ2) is 5.94. The third kappa shape index (κ3) is 3.02. The standard InChI is InChI=1S/C16H22N2O2/c19-11-14-3-1-2-12(6-14)8-17-16(20)10-18-9-13-4-5-15(18)7-13/h1-3,6,13,15,19H,4-5,7-11H2,(H,17,20)/t13-,15+/m1/s1. The van der Waals surface area contributed by atoms with Crippen LogP contribution in [0.4, 0.5) is 0 Å². The minimum Gasteiger partial charge on any atom is -0.392 e. The summed E-state index contributed by atoms with van der Waals surface area (Å²) in [6.07, 6.45) is 3.89. The number of nitrogens with one attached hydrogen (secondary N) is 1. The summed E-state index contributed by atoms with van der Waals surface area (Å²) in [5.74, 6) is 0.931. The highest BCUT2D eigenvalue weighted by molar-refractivity contribution is 5.78. The van der Waals surface area contributed by atoms with E-state index in [4.69, 9.17) is 5.11 Å². The van der Waals surface area contributed by atoms with E-state index in [0.29, 0.717) is 19.1 Å². The molecule has 1 saturated heterocycles. The van der Waals surface area contributed by atoms with E-state index >= 15 is 0 Å². The third-order valence-electron chi connectivity index (χ3n) is 4.53. The number of nitrogens with zero attached hydrogens (tertiary/aromatic N) is 1. The minimum absolute atomic E-state index is 0.0403. The second-order valence-electron chi connectivity index (χ2n) is 6.02. The van der Waals surface area contributed by atoms with Crippen molar-refractivity contribution in [2.24, 2.45) is 5.92 Å². The molecule has 2 atom stereocenters. The van der Waals surface area contributed by atoms with Crippen LogP contribution in [0.5, 0.6) is 0 Å². The normalized spacial score (nSPS) is 25.1. The molecule has 108 valence electrons. The van der Waals surface area contributed by atoms with Gasteiger partial charge in [-0.25, -0.2) is 0 Å². The van der Waals surface area contributed by atoms with Crippen molar-refractivity contribution < 1.29 is 9.90 Å². The summed E-state index contributed by atoms with van der Waals surface area (Å²) in [6.45, 7) is 2.20. The zero-order valence-corrected chi connectivity index (χ0v) is 11.7. The first-order valence-electron chi connectivity index (χ1n) is 7.44. The van der Waals surface area contributed by atoms with Crippen molar-refractivity contribution in [2.75, 3.05) is 13.1 Å². The van der Waals surface area contributed by atoms with Gasteiger partial charge in [-0.3, -0.25) is 9.69 Å². The number of rotatable bonds is 5. The van der Waals surface area contributed by atoms with Crippen LogP contribution in [0.1, 0.15) is 30.4 Å². The Kier molecular flexibility index (Phi) is 4.03. The Morgan fingerprint density at radius 2 is 2.20 bits per heavy atom. The van der Waals surface area contributed by atoms with Crippen molar-refractivity contribution in [1.29, 1.82) is 0 Å². The molecular weight excluding hydrogens is 252 g/mol. The smallest absolute Gasteiger partial charge is 0.234 e. The van der Waals surface area contributed by atoms with E-state index < -0.39 is 0 Å². The molecule has 4 nitrogen and oxygen atoms in total. The molecular formula is C16H22N2O2. The predicted octanol–water partition coefficient (Wildman–Crippen LogP) is 1.28. The molecule has 1 aromatic carbocycles. The van der Waals surface area contributed by atoms with E-state index in [2.05, 4.69) is 10.2 Å². The van der Waals surface area contributed by atoms with Crippen molar-refractivity contribution in [2.45, 2.75) is 38.5 Å². The molecule has 1 heterocycles. The Hall–Kier alpha value is -1.39. The topological polar surface area (TPSA) is 52.6 Å². The van der Waals surface area contributed by atoms with Gasteiger partial charge >= 0.3 is 0 Å². The molecule has 1 aliphatic carbocycles. The molecule has 2 N–H and O–H groups in total. The molecule has 0 unspecified atom stereocenters. The number of benzene rings is 1. The van der Waals surface area contributed by atoms with Crippen LogP contribution in [0.3, 0.4) is 0 Å². The highest BCUT2D eigenvalue weighted by atomic mass is 16.3. The maximum absolute atomic E-state index is 12.0. The van der Waals surface area contributed by atoms with Gasteiger partial charge in [-0.1, -0.05) is 24.3 Å². The first kappa shape index (κ1) is 13.6. The number of carbonyl (C=O) groups is 1. The Morgan fingerprint density at radius 1 is 1.35 bits per heavy atom. The molecule has 1 amide bonds. The second-order valence-corrected chi connectivity index (χ2v) is 6.02. The van der Waals surface area contributed by atoms with Crippen LogP contribution in [0.2, 0.25) is 0 Å². The van der Waals surface area contributed by atoms with E-state index in [1.807, 2.05) is 24.3 Å². The molecule has 0 aromatic heterocycles. The lowest BCUT2D eigenvalue weighted by atomic mass is 10.1. The number of hydrogen-bond donors (Lipinski definition) is 2. The van der Waals surface area contributed by atoms with Crippen LogP contribution in [0, 0.1) is 5.92 Å². The molecule has 2 aliphatic rings. The molecule has 2 fully saturated rings. The van der Waals surface area contributed by atoms with Gasteiger partial charge in [0.05, 0.1) is 13.2 Å². The Balaban J connectivity index is 1.47. The lowest BCUT2D eigenvalue weighted by Gasteiger charge is -2.25. The molecule has 1 aliphatic heterocycles. The summed E-state index contributed by atoms with van der Waals surface area (Å²) in [5.41, 5.74) is 1.92. The van der Waals surface area contributed by atoms with Crippen molar-refractivity contribution in [3.63, 3.8) is 0 Å². The average molecular weight is 274 g/mol. The Morgan fingerprint density at radius 3 is 2.90 bits per heavy atom. The largest absolute Gasteiger partial charge is 0.392 e. The van der Waals surface area contributed by atoms with Gasteiger partial charge < -0.3 is 10.4 Å². The van der Waals surface area contributed by atoms with E-state index in [9.17, 15) is 4.79 Å². The number of piperidine rings is 1. The summed E-state index contributed by atoms with van der Waals surface area (Å²) < 4.78 is 0. The molecule has 20 heavy (non-hydrogen) atoms. The predicted molar refractivity (Wildman–Crippen MR) is 76.9 cm³/mol. The zero-order valence-electron chi connectivity index (χ0n) is 11.7. The Bertz CT molecular complexity index is 489. The van der Waals surface area contributed by atoms with E-state index in [1.54, 1.807) is 0 Å². The van der Waals surface area contributed by atoms with Crippen molar-refractivity contribution in [3.05, 3.63) is 35.4 Å². The lowest BCUT2D eigenvalue weighted by Crippen LogP contribution is -2.40. The maximum atomic E-state index is 12.0. The zero-order chi connectivity index (χ0) is 13.9. The summed E-state index contributed by atoms with van der Waals surface area (Å²) in [5, 5.41) is 12.1. The van der Waals surface area contributed by atoms with Crippen LogP contribution >= 0.6 is 0 Å². The summed E-state index contributed by atoms with van der Waals surface area (Å²) in [7, 11) is 0. The molecule has 1 saturated carbocycles. The van der Waals surface area contributed by atoms with Gasteiger partial charge in [0.25, 0.3) is 0 Å². The van der Waals surface area contributed by atoms with Crippen LogP contribution in [-0.2, 0) is 17.9 Å². The van der Waals surface area contributed by atoms with E-state index in [1.165, 1.54) is 19.3 Å². The van der Waals surface area contributed by atoms with Crippen molar-refractivity contribution >= 4 is 5.91 Å². The SMILES string of the molecule is O=C(CN1C[C@@H]2CC[C@H]1C2)NCc1cccc(CO)c1. The van der Waals surface area contributed by atoms with Gasteiger partial charge in [0.15, 0.2) is 0 Å². The fourth-order valence-electron chi connectivity index (χ4n) is 3.50. The van der Waals surface area contributed by atoms with Crippen LogP contribution in [0.25, 0.3) is 0 Å². The first-order valence-corrected chi connectivity index (χ1v) is 7.44. The number of amides is 1. The average Bonchev–Trinajstić information content (AvgIpc) is 3.08. The highest BCUT2D eigenvalue weighted by Crippen LogP contribution is 2.36. The highest BCUT2D eigenvalue weighted by Gasteiger charge is 2.38. The summed E-state index contributed by atoms with van der Waals surface area (Å²) >= 11 is 0. The fraction of sp³-hybridized carbons (Fsp3) is 0.562. The third-order valence-corrected chi connectivity index (χ3v) is 4.53. The molecule has 2 bridgehead atoms. The number of likely N-dealkylation sites (tertiary alicyclic amines) is 1. The monoisotopic (exact) mass is 274 g/mol. The van der Waals surface area contributed by atoms with Crippen molar-refractivity contribution in [1.82, 2.24) is 10.2 Å². The fourth-order valence-corrected chi connectivity index (χ4v) is 3.50. The van der Waals surface area contributed by atoms with Crippen LogP contribution in [-0.4, -0.2) is 35.0 Å². The number of hydrogen-bond acceptors (Lipinski definition) is 3. The lowest BCUT2D eigenvalue weighted by molar-refractivity contribution is -0.122. The van der Waals surface area contributed by atoms with Crippen molar-refractivity contribution in [3.8, 4) is 0 Å². The van der Waals surface area contributed by atoms with Gasteiger partial charge in [-0.2, -0.15) is 0 Å². The molecule has 1 aromatic rings.